The van der Waals surface area contributed by atoms with Crippen LogP contribution in [0, 0.1) is 0 Å². The van der Waals surface area contributed by atoms with E-state index in [1.807, 2.05) is 0 Å². The highest BCUT2D eigenvalue weighted by atomic mass is 35.5. The average molecular weight is 367 g/mol. The van der Waals surface area contributed by atoms with Gasteiger partial charge in [-0.2, -0.15) is 8.42 Å². The molecule has 1 aliphatic heterocycles. The molecule has 9 nitrogen and oxygen atoms in total. The number of hydrogen-bond donors (Lipinski definition) is 2. The molecule has 11 heteroatoms. The van der Waals surface area contributed by atoms with Gasteiger partial charge in [-0.15, -0.1) is 4.40 Å². The molecule has 2 aromatic rings. The van der Waals surface area contributed by atoms with Gasteiger partial charge in [0, 0.05) is 24.5 Å². The van der Waals surface area contributed by atoms with Crippen molar-refractivity contribution in [3.63, 3.8) is 0 Å². The fourth-order valence-corrected chi connectivity index (χ4v) is 3.49. The number of halogens is 1. The molecule has 24 heavy (non-hydrogen) atoms. The van der Waals surface area contributed by atoms with Gasteiger partial charge in [-0.05, 0) is 18.2 Å². The number of hydrazine groups is 1. The number of carbonyl (C=O) groups is 1. The SMILES string of the molecule is CN1C(NNC(=O)c2cnccn2)=NS(=O)(=O)c2cc(Cl)ccc21. The van der Waals surface area contributed by atoms with E-state index < -0.39 is 15.9 Å². The van der Waals surface area contributed by atoms with Gasteiger partial charge in [0.2, 0.25) is 5.96 Å². The van der Waals surface area contributed by atoms with Gasteiger partial charge in [0.05, 0.1) is 11.9 Å². The van der Waals surface area contributed by atoms with Crippen LogP contribution in [0.4, 0.5) is 5.69 Å². The van der Waals surface area contributed by atoms with Crippen molar-refractivity contribution in [2.45, 2.75) is 4.90 Å². The number of benzene rings is 1. The van der Waals surface area contributed by atoms with Gasteiger partial charge >= 0.3 is 0 Å². The average Bonchev–Trinajstić information content (AvgIpc) is 2.57. The van der Waals surface area contributed by atoms with E-state index in [0.717, 1.165) is 0 Å². The molecule has 124 valence electrons. The van der Waals surface area contributed by atoms with Gasteiger partial charge in [-0.25, -0.2) is 4.98 Å². The van der Waals surface area contributed by atoms with Gasteiger partial charge in [-0.1, -0.05) is 11.6 Å². The van der Waals surface area contributed by atoms with Crippen LogP contribution in [0.5, 0.6) is 0 Å². The number of amides is 1. The van der Waals surface area contributed by atoms with Crippen LogP contribution >= 0.6 is 11.6 Å². The third-order valence-electron chi connectivity index (χ3n) is 3.17. The maximum atomic E-state index is 12.2. The Kier molecular flexibility index (Phi) is 4.08. The molecule has 0 unspecified atom stereocenters. The first-order valence-electron chi connectivity index (χ1n) is 6.59. The molecule has 0 fully saturated rings. The van der Waals surface area contributed by atoms with E-state index in [1.54, 1.807) is 19.2 Å². The molecular formula is C13H11ClN6O3S. The maximum absolute atomic E-state index is 12.2. The number of carbonyl (C=O) groups excluding carboxylic acids is 1. The molecule has 0 bridgehead atoms. The second-order valence-electron chi connectivity index (χ2n) is 4.73. The second-order valence-corrected chi connectivity index (χ2v) is 6.74. The van der Waals surface area contributed by atoms with Crippen LogP contribution in [0.2, 0.25) is 5.02 Å². The Balaban J connectivity index is 1.84. The summed E-state index contributed by atoms with van der Waals surface area (Å²) >= 11 is 5.84. The molecule has 0 atom stereocenters. The minimum atomic E-state index is -3.94. The molecule has 1 aromatic carbocycles. The number of anilines is 1. The van der Waals surface area contributed by atoms with Gasteiger partial charge in [0.25, 0.3) is 15.9 Å². The van der Waals surface area contributed by atoms with Crippen LogP contribution in [0.25, 0.3) is 0 Å². The summed E-state index contributed by atoms with van der Waals surface area (Å²) in [6, 6.07) is 4.44. The topological polar surface area (TPSA) is 117 Å². The molecule has 1 aromatic heterocycles. The van der Waals surface area contributed by atoms with Gasteiger partial charge in [-0.3, -0.25) is 20.6 Å². The minimum Gasteiger partial charge on any atom is -0.312 e. The first-order chi connectivity index (χ1) is 11.4. The fraction of sp³-hybridized carbons (Fsp3) is 0.0769. The van der Waals surface area contributed by atoms with Gasteiger partial charge in [0.1, 0.15) is 10.6 Å². The van der Waals surface area contributed by atoms with Crippen molar-refractivity contribution >= 4 is 39.2 Å². The van der Waals surface area contributed by atoms with E-state index in [9.17, 15) is 13.2 Å². The standard InChI is InChI=1S/C13H11ClN6O3S/c1-20-10-3-2-8(14)6-11(10)24(22,23)19-13(20)18-17-12(21)9-7-15-4-5-16-9/h2-7H,1H3,(H,17,21)(H,18,19). The quantitative estimate of drug-likeness (QED) is 0.708. The largest absolute Gasteiger partial charge is 0.312 e. The van der Waals surface area contributed by atoms with Crippen molar-refractivity contribution in [2.24, 2.45) is 4.40 Å². The zero-order chi connectivity index (χ0) is 17.3. The molecule has 0 radical (unpaired) electrons. The summed E-state index contributed by atoms with van der Waals surface area (Å²) in [5.74, 6) is -0.652. The third-order valence-corrected chi connectivity index (χ3v) is 4.70. The van der Waals surface area contributed by atoms with Gasteiger partial charge in [0.15, 0.2) is 0 Å². The summed E-state index contributed by atoms with van der Waals surface area (Å²) in [4.78, 5) is 21.0. The van der Waals surface area contributed by atoms with Crippen molar-refractivity contribution in [3.8, 4) is 0 Å². The normalized spacial score (nSPS) is 15.2. The van der Waals surface area contributed by atoms with Crippen molar-refractivity contribution in [3.05, 3.63) is 47.5 Å². The zero-order valence-corrected chi connectivity index (χ0v) is 13.8. The summed E-state index contributed by atoms with van der Waals surface area (Å²) < 4.78 is 28.1. The third kappa shape index (κ3) is 3.01. The van der Waals surface area contributed by atoms with Gasteiger partial charge < -0.3 is 4.90 Å². The van der Waals surface area contributed by atoms with Crippen molar-refractivity contribution in [2.75, 3.05) is 11.9 Å². The lowest BCUT2D eigenvalue weighted by atomic mass is 10.3. The highest BCUT2D eigenvalue weighted by Gasteiger charge is 2.29. The fourth-order valence-electron chi connectivity index (χ4n) is 2.01. The highest BCUT2D eigenvalue weighted by molar-refractivity contribution is 7.90. The number of rotatable bonds is 1. The number of fused-ring (bicyclic) bond motifs is 1. The number of aromatic nitrogens is 2. The van der Waals surface area contributed by atoms with E-state index in [0.29, 0.717) is 5.69 Å². The maximum Gasteiger partial charge on any atom is 0.289 e. The minimum absolute atomic E-state index is 0.0108. The summed E-state index contributed by atoms with van der Waals surface area (Å²) in [6.07, 6.45) is 4.07. The molecular weight excluding hydrogens is 356 g/mol. The smallest absolute Gasteiger partial charge is 0.289 e. The Morgan fingerprint density at radius 3 is 2.79 bits per heavy atom. The van der Waals surface area contributed by atoms with E-state index in [2.05, 4.69) is 25.2 Å². The van der Waals surface area contributed by atoms with Crippen molar-refractivity contribution in [1.82, 2.24) is 20.8 Å². The second kappa shape index (κ2) is 6.06. The summed E-state index contributed by atoms with van der Waals surface area (Å²) in [5, 5.41) is 0.285. The Morgan fingerprint density at radius 2 is 2.08 bits per heavy atom. The Labute approximate surface area is 142 Å². The Morgan fingerprint density at radius 1 is 1.29 bits per heavy atom. The van der Waals surface area contributed by atoms with Crippen LogP contribution < -0.4 is 15.8 Å². The first kappa shape index (κ1) is 16.1. The summed E-state index contributed by atoms with van der Waals surface area (Å²) in [5.41, 5.74) is 5.25. The van der Waals surface area contributed by atoms with Crippen LogP contribution in [-0.4, -0.2) is 37.3 Å². The predicted molar refractivity (Wildman–Crippen MR) is 87.1 cm³/mol. The number of guanidine groups is 1. The van der Waals surface area contributed by atoms with E-state index >= 15 is 0 Å². The van der Waals surface area contributed by atoms with E-state index in [1.165, 1.54) is 29.6 Å². The van der Waals surface area contributed by atoms with Crippen molar-refractivity contribution in [1.29, 1.82) is 0 Å². The molecule has 0 saturated carbocycles. The van der Waals surface area contributed by atoms with Crippen molar-refractivity contribution < 1.29 is 13.2 Å². The van der Waals surface area contributed by atoms with E-state index in [4.69, 9.17) is 11.6 Å². The lowest BCUT2D eigenvalue weighted by Gasteiger charge is -2.27. The summed E-state index contributed by atoms with van der Waals surface area (Å²) in [7, 11) is -2.34. The monoisotopic (exact) mass is 366 g/mol. The lowest BCUT2D eigenvalue weighted by molar-refractivity contribution is 0.0938. The highest BCUT2D eigenvalue weighted by Crippen LogP contribution is 2.32. The molecule has 3 rings (SSSR count). The number of nitrogens with zero attached hydrogens (tertiary/aromatic N) is 4. The number of hydrogen-bond acceptors (Lipinski definition) is 7. The van der Waals surface area contributed by atoms with Crippen LogP contribution in [0.1, 0.15) is 10.5 Å². The van der Waals surface area contributed by atoms with Crippen LogP contribution in [0.15, 0.2) is 46.1 Å². The molecule has 1 aliphatic rings. The molecule has 1 amide bonds. The zero-order valence-electron chi connectivity index (χ0n) is 12.3. The van der Waals surface area contributed by atoms with Crippen LogP contribution in [0.3, 0.4) is 0 Å². The number of sulfonamides is 1. The lowest BCUT2D eigenvalue weighted by Crippen LogP contribution is -2.50. The molecule has 0 spiro atoms. The Hall–Kier alpha value is -2.72. The molecule has 0 aliphatic carbocycles. The molecule has 2 heterocycles. The Bertz CT molecular complexity index is 932. The first-order valence-corrected chi connectivity index (χ1v) is 8.41. The summed E-state index contributed by atoms with van der Waals surface area (Å²) in [6.45, 7) is 0. The predicted octanol–water partition coefficient (Wildman–Crippen LogP) is 0.559. The van der Waals surface area contributed by atoms with E-state index in [-0.39, 0.29) is 21.6 Å². The number of nitrogens with one attached hydrogen (secondary N) is 2. The van der Waals surface area contributed by atoms with Crippen LogP contribution in [-0.2, 0) is 10.0 Å². The molecule has 0 saturated heterocycles. The molecule has 2 N–H and O–H groups in total.